The van der Waals surface area contributed by atoms with E-state index < -0.39 is 14.8 Å². The van der Waals surface area contributed by atoms with Gasteiger partial charge >= 0.3 is 0 Å². The second kappa shape index (κ2) is 1.25. The van der Waals surface area contributed by atoms with Gasteiger partial charge in [0.15, 0.2) is 14.8 Å². The standard InChI is InChI=1S/C4H8O3S/c1-4(3-7-4)8(2,5)6/h3H2,1-2H3. The Morgan fingerprint density at radius 3 is 2.00 bits per heavy atom. The lowest BCUT2D eigenvalue weighted by atomic mass is 10.6. The molecule has 0 aliphatic carbocycles. The minimum atomic E-state index is -2.95. The molecular weight excluding hydrogens is 128 g/mol. The first-order valence-electron chi connectivity index (χ1n) is 2.29. The van der Waals surface area contributed by atoms with Gasteiger partial charge in [0, 0.05) is 6.26 Å². The van der Waals surface area contributed by atoms with Crippen LogP contribution in [0.5, 0.6) is 0 Å². The van der Waals surface area contributed by atoms with Crippen LogP contribution in [0.4, 0.5) is 0 Å². The molecule has 1 aliphatic rings. The van der Waals surface area contributed by atoms with Gasteiger partial charge in [-0.3, -0.25) is 0 Å². The molecule has 1 saturated heterocycles. The van der Waals surface area contributed by atoms with Gasteiger partial charge in [0.25, 0.3) is 0 Å². The second-order valence-electron chi connectivity index (χ2n) is 2.19. The van der Waals surface area contributed by atoms with Crippen LogP contribution in [0, 0.1) is 0 Å². The van der Waals surface area contributed by atoms with Crippen molar-refractivity contribution in [3.05, 3.63) is 0 Å². The van der Waals surface area contributed by atoms with E-state index in [1.807, 2.05) is 0 Å². The van der Waals surface area contributed by atoms with Crippen molar-refractivity contribution in [2.24, 2.45) is 0 Å². The van der Waals surface area contributed by atoms with E-state index in [4.69, 9.17) is 0 Å². The molecular formula is C4H8O3S. The Hall–Kier alpha value is -0.0900. The summed E-state index contributed by atoms with van der Waals surface area (Å²) in [4.78, 5) is -0.840. The summed E-state index contributed by atoms with van der Waals surface area (Å²) in [5, 5.41) is 0. The minimum absolute atomic E-state index is 0.353. The van der Waals surface area contributed by atoms with Crippen molar-refractivity contribution in [3.63, 3.8) is 0 Å². The highest BCUT2D eigenvalue weighted by molar-refractivity contribution is 7.92. The van der Waals surface area contributed by atoms with E-state index in [1.54, 1.807) is 6.92 Å². The lowest BCUT2D eigenvalue weighted by molar-refractivity contribution is 0.385. The highest BCUT2D eigenvalue weighted by atomic mass is 32.2. The third kappa shape index (κ3) is 0.736. The molecule has 0 spiro atoms. The van der Waals surface area contributed by atoms with E-state index in [0.29, 0.717) is 6.61 Å². The SMILES string of the molecule is CC1(S(C)(=O)=O)CO1. The molecule has 0 aromatic carbocycles. The third-order valence-electron chi connectivity index (χ3n) is 1.34. The van der Waals surface area contributed by atoms with Gasteiger partial charge in [-0.15, -0.1) is 0 Å². The Labute approximate surface area is 48.6 Å². The molecule has 4 heteroatoms. The molecule has 1 aliphatic heterocycles. The summed E-state index contributed by atoms with van der Waals surface area (Å²) in [6, 6.07) is 0. The van der Waals surface area contributed by atoms with E-state index in [2.05, 4.69) is 4.74 Å². The first-order valence-corrected chi connectivity index (χ1v) is 4.18. The molecule has 0 saturated carbocycles. The van der Waals surface area contributed by atoms with Crippen LogP contribution in [-0.4, -0.2) is 26.2 Å². The fraction of sp³-hybridized carbons (Fsp3) is 1.00. The average molecular weight is 136 g/mol. The maximum atomic E-state index is 10.6. The molecule has 1 unspecified atom stereocenters. The van der Waals surface area contributed by atoms with Gasteiger partial charge in [0.2, 0.25) is 0 Å². The maximum absolute atomic E-state index is 10.6. The van der Waals surface area contributed by atoms with Crippen LogP contribution < -0.4 is 0 Å². The van der Waals surface area contributed by atoms with E-state index in [-0.39, 0.29) is 0 Å². The first-order chi connectivity index (χ1) is 3.46. The van der Waals surface area contributed by atoms with Crippen molar-refractivity contribution < 1.29 is 13.2 Å². The zero-order valence-electron chi connectivity index (χ0n) is 4.84. The highest BCUT2D eigenvalue weighted by Crippen LogP contribution is 2.31. The van der Waals surface area contributed by atoms with Gasteiger partial charge in [-0.25, -0.2) is 8.42 Å². The summed E-state index contributed by atoms with van der Waals surface area (Å²) in [6.45, 7) is 1.92. The monoisotopic (exact) mass is 136 g/mol. The van der Waals surface area contributed by atoms with Gasteiger partial charge in [0.1, 0.15) is 0 Å². The van der Waals surface area contributed by atoms with Crippen molar-refractivity contribution in [1.82, 2.24) is 0 Å². The molecule has 0 radical (unpaired) electrons. The van der Waals surface area contributed by atoms with Gasteiger partial charge in [-0.1, -0.05) is 0 Å². The van der Waals surface area contributed by atoms with E-state index in [0.717, 1.165) is 0 Å². The van der Waals surface area contributed by atoms with E-state index in [1.165, 1.54) is 6.26 Å². The van der Waals surface area contributed by atoms with Crippen LogP contribution in [0.15, 0.2) is 0 Å². The molecule has 0 bridgehead atoms. The Morgan fingerprint density at radius 2 is 2.00 bits per heavy atom. The smallest absolute Gasteiger partial charge is 0.188 e. The van der Waals surface area contributed by atoms with Gasteiger partial charge in [-0.2, -0.15) is 0 Å². The Balaban J connectivity index is 2.90. The topological polar surface area (TPSA) is 46.7 Å². The van der Waals surface area contributed by atoms with E-state index >= 15 is 0 Å². The summed E-state index contributed by atoms with van der Waals surface area (Å²) < 4.78 is 25.9. The molecule has 0 N–H and O–H groups in total. The van der Waals surface area contributed by atoms with Gasteiger partial charge < -0.3 is 4.74 Å². The summed E-state index contributed by atoms with van der Waals surface area (Å²) in [6.07, 6.45) is 1.18. The molecule has 0 aromatic heterocycles. The van der Waals surface area contributed by atoms with Crippen molar-refractivity contribution in [1.29, 1.82) is 0 Å². The van der Waals surface area contributed by atoms with Gasteiger partial charge in [-0.05, 0) is 6.92 Å². The summed E-state index contributed by atoms with van der Waals surface area (Å²) >= 11 is 0. The molecule has 1 fully saturated rings. The fourth-order valence-electron chi connectivity index (χ4n) is 0.316. The number of hydrogen-bond acceptors (Lipinski definition) is 3. The summed E-state index contributed by atoms with van der Waals surface area (Å²) in [5.41, 5.74) is 0. The van der Waals surface area contributed by atoms with Gasteiger partial charge in [0.05, 0.1) is 6.61 Å². The molecule has 3 nitrogen and oxygen atoms in total. The normalized spacial score (nSPS) is 37.2. The number of hydrogen-bond donors (Lipinski definition) is 0. The van der Waals surface area contributed by atoms with Crippen LogP contribution in [0.2, 0.25) is 0 Å². The molecule has 1 rings (SSSR count). The van der Waals surface area contributed by atoms with Crippen molar-refractivity contribution in [3.8, 4) is 0 Å². The van der Waals surface area contributed by atoms with Crippen LogP contribution in [0.25, 0.3) is 0 Å². The Kier molecular flexibility index (Phi) is 0.941. The highest BCUT2D eigenvalue weighted by Gasteiger charge is 2.49. The average Bonchev–Trinajstić information content (AvgIpc) is 2.16. The number of ether oxygens (including phenoxy) is 1. The van der Waals surface area contributed by atoms with Crippen LogP contribution in [0.3, 0.4) is 0 Å². The number of sulfone groups is 1. The molecule has 1 heterocycles. The molecule has 0 aromatic rings. The van der Waals surface area contributed by atoms with Crippen LogP contribution >= 0.6 is 0 Å². The predicted octanol–water partition coefficient (Wildman–Crippen LogP) is -0.223. The first kappa shape index (κ1) is 6.04. The van der Waals surface area contributed by atoms with Crippen molar-refractivity contribution in [2.75, 3.05) is 12.9 Å². The fourth-order valence-corrected chi connectivity index (χ4v) is 0.803. The third-order valence-corrected chi connectivity index (χ3v) is 3.14. The van der Waals surface area contributed by atoms with Crippen LogP contribution in [0.1, 0.15) is 6.92 Å². The maximum Gasteiger partial charge on any atom is 0.188 e. The van der Waals surface area contributed by atoms with Crippen molar-refractivity contribution >= 4 is 9.84 Å². The largest absolute Gasteiger partial charge is 0.353 e. The minimum Gasteiger partial charge on any atom is -0.353 e. The van der Waals surface area contributed by atoms with Crippen molar-refractivity contribution in [2.45, 2.75) is 11.9 Å². The van der Waals surface area contributed by atoms with Crippen LogP contribution in [-0.2, 0) is 14.6 Å². The second-order valence-corrected chi connectivity index (χ2v) is 4.60. The molecule has 1 atom stereocenters. The lowest BCUT2D eigenvalue weighted by Crippen LogP contribution is -2.18. The molecule has 8 heavy (non-hydrogen) atoms. The lowest BCUT2D eigenvalue weighted by Gasteiger charge is -1.97. The summed E-state index contributed by atoms with van der Waals surface area (Å²) in [7, 11) is -2.95. The molecule has 48 valence electrons. The molecule has 0 amide bonds. The Morgan fingerprint density at radius 1 is 1.62 bits per heavy atom. The number of epoxide rings is 1. The zero-order chi connectivity index (χ0) is 6.41. The Bertz CT molecular complexity index is 187. The quantitative estimate of drug-likeness (QED) is 0.468. The zero-order valence-corrected chi connectivity index (χ0v) is 5.66. The predicted molar refractivity (Wildman–Crippen MR) is 29.2 cm³/mol. The number of rotatable bonds is 1. The summed E-state index contributed by atoms with van der Waals surface area (Å²) in [5.74, 6) is 0. The van der Waals surface area contributed by atoms with E-state index in [9.17, 15) is 8.42 Å².